The van der Waals surface area contributed by atoms with E-state index < -0.39 is 0 Å². The maximum absolute atomic E-state index is 11.9. The van der Waals surface area contributed by atoms with Crippen LogP contribution in [0.15, 0.2) is 72.8 Å². The Morgan fingerprint density at radius 2 is 1.60 bits per heavy atom. The number of benzene rings is 3. The van der Waals surface area contributed by atoms with Crippen LogP contribution in [0.25, 0.3) is 10.8 Å². The van der Waals surface area contributed by atoms with E-state index in [1.165, 1.54) is 12.8 Å². The van der Waals surface area contributed by atoms with Crippen molar-refractivity contribution in [1.82, 2.24) is 15.1 Å². The molecule has 0 aliphatic carbocycles. The SMILES string of the molecule is COC(=O)c1cccc(CN2CCN(c3nnc(Nc4ccc(N5CCOCC5)cc4)c4ccccc34)CC2)c1. The number of hydrogen-bond donors (Lipinski definition) is 1. The number of fused-ring (bicyclic) bond motifs is 1. The molecular formula is C31H34N6O3. The highest BCUT2D eigenvalue weighted by Crippen LogP contribution is 2.31. The molecule has 0 atom stereocenters. The predicted molar refractivity (Wildman–Crippen MR) is 158 cm³/mol. The molecule has 9 nitrogen and oxygen atoms in total. The van der Waals surface area contributed by atoms with E-state index in [2.05, 4.69) is 78.7 Å². The molecule has 0 bridgehead atoms. The zero-order valence-corrected chi connectivity index (χ0v) is 22.8. The number of nitrogens with zero attached hydrogens (tertiary/aromatic N) is 5. The minimum Gasteiger partial charge on any atom is -0.465 e. The number of aromatic nitrogens is 2. The Labute approximate surface area is 234 Å². The fraction of sp³-hybridized carbons (Fsp3) is 0.323. The van der Waals surface area contributed by atoms with E-state index in [-0.39, 0.29) is 5.97 Å². The first-order valence-corrected chi connectivity index (χ1v) is 13.8. The van der Waals surface area contributed by atoms with Gasteiger partial charge in [0.25, 0.3) is 0 Å². The normalized spacial score (nSPS) is 16.2. The summed E-state index contributed by atoms with van der Waals surface area (Å²) in [5, 5.41) is 14.9. The monoisotopic (exact) mass is 538 g/mol. The van der Waals surface area contributed by atoms with Crippen LogP contribution < -0.4 is 15.1 Å². The summed E-state index contributed by atoms with van der Waals surface area (Å²) in [7, 11) is 1.41. The molecule has 9 heteroatoms. The lowest BCUT2D eigenvalue weighted by Gasteiger charge is -2.35. The fourth-order valence-electron chi connectivity index (χ4n) is 5.42. The van der Waals surface area contributed by atoms with Crippen LogP contribution >= 0.6 is 0 Å². The maximum Gasteiger partial charge on any atom is 0.337 e. The summed E-state index contributed by atoms with van der Waals surface area (Å²) in [6.07, 6.45) is 0. The second-order valence-electron chi connectivity index (χ2n) is 10.1. The number of ether oxygens (including phenoxy) is 2. The third kappa shape index (κ3) is 5.71. The lowest BCUT2D eigenvalue weighted by Crippen LogP contribution is -2.46. The molecule has 0 amide bonds. The second kappa shape index (κ2) is 11.9. The average Bonchev–Trinajstić information content (AvgIpc) is 3.02. The highest BCUT2D eigenvalue weighted by Gasteiger charge is 2.22. The van der Waals surface area contributed by atoms with Gasteiger partial charge in [-0.1, -0.05) is 36.4 Å². The van der Waals surface area contributed by atoms with Gasteiger partial charge in [-0.2, -0.15) is 0 Å². The van der Waals surface area contributed by atoms with Crippen LogP contribution in [0, 0.1) is 0 Å². The van der Waals surface area contributed by atoms with Crippen molar-refractivity contribution >= 4 is 39.8 Å². The minimum atomic E-state index is -0.305. The molecule has 206 valence electrons. The lowest BCUT2D eigenvalue weighted by atomic mass is 10.1. The molecular weight excluding hydrogens is 504 g/mol. The van der Waals surface area contributed by atoms with Gasteiger partial charge in [0.15, 0.2) is 11.6 Å². The number of piperazine rings is 1. The first-order valence-electron chi connectivity index (χ1n) is 13.8. The average molecular weight is 539 g/mol. The van der Waals surface area contributed by atoms with E-state index in [0.29, 0.717) is 5.56 Å². The van der Waals surface area contributed by atoms with Crippen LogP contribution in [0.4, 0.5) is 23.0 Å². The number of carbonyl (C=O) groups excluding carboxylic acids is 1. The minimum absolute atomic E-state index is 0.305. The first-order chi connectivity index (χ1) is 19.7. The standard InChI is InChI=1S/C31H34N6O3/c1-39-31(38)24-6-4-5-23(21-24)22-35-13-15-37(16-14-35)30-28-8-3-2-7-27(28)29(33-34-30)32-25-9-11-26(12-10-25)36-17-19-40-20-18-36/h2-12,21H,13-20,22H2,1H3,(H,32,33). The van der Waals surface area contributed by atoms with Gasteiger partial charge in [-0.25, -0.2) is 4.79 Å². The molecule has 0 saturated carbocycles. The van der Waals surface area contributed by atoms with Gasteiger partial charge in [0.05, 0.1) is 25.9 Å². The van der Waals surface area contributed by atoms with Gasteiger partial charge in [0, 0.05) is 68.0 Å². The Kier molecular flexibility index (Phi) is 7.74. The molecule has 40 heavy (non-hydrogen) atoms. The van der Waals surface area contributed by atoms with Gasteiger partial charge in [0.1, 0.15) is 0 Å². The molecule has 0 radical (unpaired) electrons. The van der Waals surface area contributed by atoms with Crippen LogP contribution in [-0.2, 0) is 16.0 Å². The van der Waals surface area contributed by atoms with Crippen molar-refractivity contribution in [3.63, 3.8) is 0 Å². The molecule has 4 aromatic rings. The number of anilines is 4. The Morgan fingerprint density at radius 1 is 0.850 bits per heavy atom. The molecule has 2 fully saturated rings. The van der Waals surface area contributed by atoms with E-state index in [0.717, 1.165) is 92.7 Å². The van der Waals surface area contributed by atoms with Crippen molar-refractivity contribution in [3.8, 4) is 0 Å². The summed E-state index contributed by atoms with van der Waals surface area (Å²) < 4.78 is 10.3. The Morgan fingerprint density at radius 3 is 2.35 bits per heavy atom. The van der Waals surface area contributed by atoms with E-state index in [4.69, 9.17) is 9.47 Å². The molecule has 0 unspecified atom stereocenters. The quantitative estimate of drug-likeness (QED) is 0.346. The molecule has 3 heterocycles. The second-order valence-corrected chi connectivity index (χ2v) is 10.1. The van der Waals surface area contributed by atoms with Crippen molar-refractivity contribution in [2.45, 2.75) is 6.54 Å². The van der Waals surface area contributed by atoms with Crippen molar-refractivity contribution in [3.05, 3.63) is 83.9 Å². The lowest BCUT2D eigenvalue weighted by molar-refractivity contribution is 0.0600. The van der Waals surface area contributed by atoms with Crippen molar-refractivity contribution < 1.29 is 14.3 Å². The number of nitrogens with one attached hydrogen (secondary N) is 1. The molecule has 1 aromatic heterocycles. The zero-order chi connectivity index (χ0) is 27.3. The van der Waals surface area contributed by atoms with Gasteiger partial charge in [-0.3, -0.25) is 4.90 Å². The van der Waals surface area contributed by atoms with Gasteiger partial charge >= 0.3 is 5.97 Å². The number of hydrogen-bond acceptors (Lipinski definition) is 9. The van der Waals surface area contributed by atoms with Crippen LogP contribution in [-0.4, -0.2) is 80.7 Å². The summed E-state index contributed by atoms with van der Waals surface area (Å²) in [6, 6.07) is 24.5. The van der Waals surface area contributed by atoms with Gasteiger partial charge in [-0.15, -0.1) is 10.2 Å². The maximum atomic E-state index is 11.9. The van der Waals surface area contributed by atoms with Gasteiger partial charge in [-0.05, 0) is 42.0 Å². The Hall–Kier alpha value is -4.21. The van der Waals surface area contributed by atoms with Crippen molar-refractivity contribution in [2.75, 3.05) is 74.7 Å². The molecule has 2 saturated heterocycles. The first kappa shape index (κ1) is 26.0. The van der Waals surface area contributed by atoms with E-state index in [1.54, 1.807) is 6.07 Å². The molecule has 6 rings (SSSR count). The summed E-state index contributed by atoms with van der Waals surface area (Å²) in [4.78, 5) is 19.0. The molecule has 2 aliphatic heterocycles. The topological polar surface area (TPSA) is 83.1 Å². The number of esters is 1. The third-order valence-corrected chi connectivity index (χ3v) is 7.60. The summed E-state index contributed by atoms with van der Waals surface area (Å²) in [6.45, 7) is 7.67. The van der Waals surface area contributed by atoms with Gasteiger partial charge < -0.3 is 24.6 Å². The van der Waals surface area contributed by atoms with E-state index in [1.807, 2.05) is 18.2 Å². The van der Waals surface area contributed by atoms with Gasteiger partial charge in [0.2, 0.25) is 0 Å². The molecule has 2 aliphatic rings. The van der Waals surface area contributed by atoms with Crippen molar-refractivity contribution in [1.29, 1.82) is 0 Å². The number of methoxy groups -OCH3 is 1. The van der Waals surface area contributed by atoms with Crippen molar-refractivity contribution in [2.24, 2.45) is 0 Å². The van der Waals surface area contributed by atoms with Crippen LogP contribution in [0.2, 0.25) is 0 Å². The smallest absolute Gasteiger partial charge is 0.337 e. The number of rotatable bonds is 7. The molecule has 3 aromatic carbocycles. The summed E-state index contributed by atoms with van der Waals surface area (Å²) in [5.74, 6) is 1.36. The Balaban J connectivity index is 1.13. The van der Waals surface area contributed by atoms with E-state index in [9.17, 15) is 4.79 Å². The summed E-state index contributed by atoms with van der Waals surface area (Å²) >= 11 is 0. The third-order valence-electron chi connectivity index (χ3n) is 7.60. The highest BCUT2D eigenvalue weighted by atomic mass is 16.5. The van der Waals surface area contributed by atoms with Crippen LogP contribution in [0.1, 0.15) is 15.9 Å². The predicted octanol–water partition coefficient (Wildman–Crippen LogP) is 4.32. The number of carbonyl (C=O) groups is 1. The summed E-state index contributed by atoms with van der Waals surface area (Å²) in [5.41, 5.74) is 3.88. The Bertz CT molecular complexity index is 1460. The fourth-order valence-corrected chi connectivity index (χ4v) is 5.42. The highest BCUT2D eigenvalue weighted by molar-refractivity contribution is 5.99. The van der Waals surface area contributed by atoms with Crippen LogP contribution in [0.5, 0.6) is 0 Å². The number of morpholine rings is 1. The van der Waals surface area contributed by atoms with Crippen LogP contribution in [0.3, 0.4) is 0 Å². The van der Waals surface area contributed by atoms with E-state index >= 15 is 0 Å². The largest absolute Gasteiger partial charge is 0.465 e. The zero-order valence-electron chi connectivity index (χ0n) is 22.8. The molecule has 1 N–H and O–H groups in total. The molecule has 0 spiro atoms.